The molecule has 0 aliphatic carbocycles. The van der Waals surface area contributed by atoms with Gasteiger partial charge in [0.25, 0.3) is 0 Å². The third-order valence-electron chi connectivity index (χ3n) is 2.98. The van der Waals surface area contributed by atoms with Crippen LogP contribution in [0.4, 0.5) is 0 Å². The highest BCUT2D eigenvalue weighted by Crippen LogP contribution is 2.31. The molecule has 2 aromatic carbocycles. The maximum absolute atomic E-state index is 11.8. The summed E-state index contributed by atoms with van der Waals surface area (Å²) in [4.78, 5) is 18.5. The van der Waals surface area contributed by atoms with E-state index in [1.807, 2.05) is 60.7 Å². The van der Waals surface area contributed by atoms with Gasteiger partial charge in [0.1, 0.15) is 0 Å². The standard InChI is InChI=1S/C16H11ClN2O/c17-13-14(11-7-3-1-4-8-11)18-16(20)19-15(13)12-9-5-2-6-10-12/h1-10H,(H,18,19,20). The number of aromatic amines is 1. The Bertz CT molecular complexity index is 719. The first kappa shape index (κ1) is 12.6. The molecule has 0 saturated heterocycles. The molecule has 0 aliphatic rings. The Morgan fingerprint density at radius 1 is 0.850 bits per heavy atom. The van der Waals surface area contributed by atoms with E-state index in [1.54, 1.807) is 0 Å². The van der Waals surface area contributed by atoms with Crippen molar-refractivity contribution in [3.05, 3.63) is 76.2 Å². The molecule has 4 heteroatoms. The highest BCUT2D eigenvalue weighted by Gasteiger charge is 2.13. The maximum atomic E-state index is 11.8. The molecule has 1 heterocycles. The van der Waals surface area contributed by atoms with Gasteiger partial charge >= 0.3 is 5.69 Å². The highest BCUT2D eigenvalue weighted by atomic mass is 35.5. The Morgan fingerprint density at radius 2 is 1.40 bits per heavy atom. The van der Waals surface area contributed by atoms with Crippen LogP contribution < -0.4 is 5.69 Å². The van der Waals surface area contributed by atoms with Gasteiger partial charge in [-0.25, -0.2) is 4.79 Å². The van der Waals surface area contributed by atoms with Gasteiger partial charge in [0.05, 0.1) is 16.4 Å². The minimum atomic E-state index is -0.410. The lowest BCUT2D eigenvalue weighted by Crippen LogP contribution is -2.13. The van der Waals surface area contributed by atoms with Crippen molar-refractivity contribution >= 4 is 11.6 Å². The van der Waals surface area contributed by atoms with Crippen LogP contribution in [-0.2, 0) is 0 Å². The molecule has 0 amide bonds. The molecule has 0 bridgehead atoms. The summed E-state index contributed by atoms with van der Waals surface area (Å²) in [6.07, 6.45) is 0. The normalized spacial score (nSPS) is 10.4. The fourth-order valence-electron chi connectivity index (χ4n) is 2.05. The lowest BCUT2D eigenvalue weighted by Gasteiger charge is -2.08. The first-order valence-corrected chi connectivity index (χ1v) is 6.54. The lowest BCUT2D eigenvalue weighted by molar-refractivity contribution is 1.09. The number of rotatable bonds is 2. The molecule has 0 fully saturated rings. The summed E-state index contributed by atoms with van der Waals surface area (Å²) in [7, 11) is 0. The van der Waals surface area contributed by atoms with Gasteiger partial charge in [0.2, 0.25) is 0 Å². The van der Waals surface area contributed by atoms with E-state index in [4.69, 9.17) is 11.6 Å². The number of hydrogen-bond donors (Lipinski definition) is 1. The van der Waals surface area contributed by atoms with Crippen LogP contribution in [0.15, 0.2) is 65.5 Å². The summed E-state index contributed by atoms with van der Waals surface area (Å²) in [5, 5.41) is 0.446. The highest BCUT2D eigenvalue weighted by molar-refractivity contribution is 6.35. The number of halogens is 1. The molecular formula is C16H11ClN2O. The molecule has 3 aromatic rings. The second-order valence-corrected chi connectivity index (χ2v) is 4.69. The molecule has 98 valence electrons. The molecule has 1 aromatic heterocycles. The van der Waals surface area contributed by atoms with Crippen molar-refractivity contribution in [3.63, 3.8) is 0 Å². The van der Waals surface area contributed by atoms with E-state index in [1.165, 1.54) is 0 Å². The molecule has 0 unspecified atom stereocenters. The van der Waals surface area contributed by atoms with Crippen LogP contribution in [0.5, 0.6) is 0 Å². The van der Waals surface area contributed by atoms with E-state index in [9.17, 15) is 4.79 Å². The molecule has 20 heavy (non-hydrogen) atoms. The fraction of sp³-hybridized carbons (Fsp3) is 0. The Morgan fingerprint density at radius 3 is 2.00 bits per heavy atom. The maximum Gasteiger partial charge on any atom is 0.346 e. The first-order valence-electron chi connectivity index (χ1n) is 6.16. The predicted molar refractivity (Wildman–Crippen MR) is 80.7 cm³/mol. The topological polar surface area (TPSA) is 45.8 Å². The first-order chi connectivity index (χ1) is 9.75. The summed E-state index contributed by atoms with van der Waals surface area (Å²) >= 11 is 6.42. The van der Waals surface area contributed by atoms with Crippen molar-refractivity contribution in [2.45, 2.75) is 0 Å². The van der Waals surface area contributed by atoms with Crippen molar-refractivity contribution in [1.82, 2.24) is 9.97 Å². The van der Waals surface area contributed by atoms with E-state index in [2.05, 4.69) is 9.97 Å². The fourth-order valence-corrected chi connectivity index (χ4v) is 2.36. The molecule has 0 atom stereocenters. The predicted octanol–water partition coefficient (Wildman–Crippen LogP) is 3.76. The van der Waals surface area contributed by atoms with Crippen LogP contribution in [0.1, 0.15) is 0 Å². The molecule has 3 nitrogen and oxygen atoms in total. The van der Waals surface area contributed by atoms with Crippen LogP contribution >= 0.6 is 11.6 Å². The summed E-state index contributed by atoms with van der Waals surface area (Å²) in [5.74, 6) is 0. The van der Waals surface area contributed by atoms with Gasteiger partial charge in [-0.3, -0.25) is 0 Å². The van der Waals surface area contributed by atoms with Gasteiger partial charge in [-0.15, -0.1) is 0 Å². The summed E-state index contributed by atoms with van der Waals surface area (Å²) < 4.78 is 0. The van der Waals surface area contributed by atoms with Crippen LogP contribution in [0.2, 0.25) is 5.02 Å². The molecule has 0 saturated carbocycles. The quantitative estimate of drug-likeness (QED) is 0.778. The van der Waals surface area contributed by atoms with Gasteiger partial charge in [-0.2, -0.15) is 4.98 Å². The van der Waals surface area contributed by atoms with Gasteiger partial charge in [0.15, 0.2) is 0 Å². The third-order valence-corrected chi connectivity index (χ3v) is 3.35. The minimum Gasteiger partial charge on any atom is -0.304 e. The van der Waals surface area contributed by atoms with E-state index < -0.39 is 5.69 Å². The number of benzene rings is 2. The zero-order chi connectivity index (χ0) is 13.9. The molecule has 0 aliphatic heterocycles. The van der Waals surface area contributed by atoms with Crippen LogP contribution in [0.25, 0.3) is 22.5 Å². The number of nitrogens with zero attached hydrogens (tertiary/aromatic N) is 1. The minimum absolute atomic E-state index is 0.410. The lowest BCUT2D eigenvalue weighted by atomic mass is 10.1. The summed E-state index contributed by atoms with van der Waals surface area (Å²) in [5.41, 5.74) is 2.35. The van der Waals surface area contributed by atoms with E-state index in [0.717, 1.165) is 11.1 Å². The Hall–Kier alpha value is -2.39. The van der Waals surface area contributed by atoms with Gasteiger partial charge in [-0.05, 0) is 5.56 Å². The summed E-state index contributed by atoms with van der Waals surface area (Å²) in [6, 6.07) is 18.9. The Labute approximate surface area is 120 Å². The summed E-state index contributed by atoms with van der Waals surface area (Å²) in [6.45, 7) is 0. The molecule has 1 N–H and O–H groups in total. The average molecular weight is 283 g/mol. The van der Waals surface area contributed by atoms with Crippen molar-refractivity contribution < 1.29 is 0 Å². The molecule has 0 radical (unpaired) electrons. The van der Waals surface area contributed by atoms with Crippen LogP contribution in [-0.4, -0.2) is 9.97 Å². The molecule has 0 spiro atoms. The number of aromatic nitrogens is 2. The Balaban J connectivity index is 2.24. The zero-order valence-corrected chi connectivity index (χ0v) is 11.3. The number of nitrogens with one attached hydrogen (secondary N) is 1. The number of H-pyrrole nitrogens is 1. The zero-order valence-electron chi connectivity index (χ0n) is 10.5. The molecule has 3 rings (SSSR count). The average Bonchev–Trinajstić information content (AvgIpc) is 2.51. The van der Waals surface area contributed by atoms with Gasteiger partial charge < -0.3 is 4.98 Å². The third kappa shape index (κ3) is 2.36. The van der Waals surface area contributed by atoms with Crippen LogP contribution in [0.3, 0.4) is 0 Å². The van der Waals surface area contributed by atoms with Crippen molar-refractivity contribution in [2.24, 2.45) is 0 Å². The monoisotopic (exact) mass is 282 g/mol. The second-order valence-electron chi connectivity index (χ2n) is 4.31. The largest absolute Gasteiger partial charge is 0.346 e. The van der Waals surface area contributed by atoms with Crippen molar-refractivity contribution in [1.29, 1.82) is 0 Å². The van der Waals surface area contributed by atoms with E-state index >= 15 is 0 Å². The molecular weight excluding hydrogens is 272 g/mol. The SMILES string of the molecule is O=c1nc(-c2ccccc2)c(Cl)c(-c2ccccc2)[nH]1. The second kappa shape index (κ2) is 5.31. The van der Waals surface area contributed by atoms with Crippen molar-refractivity contribution in [2.75, 3.05) is 0 Å². The Kier molecular flexibility index (Phi) is 3.35. The van der Waals surface area contributed by atoms with E-state index in [0.29, 0.717) is 16.4 Å². The van der Waals surface area contributed by atoms with E-state index in [-0.39, 0.29) is 0 Å². The van der Waals surface area contributed by atoms with Crippen molar-refractivity contribution in [3.8, 4) is 22.5 Å². The smallest absolute Gasteiger partial charge is 0.304 e. The van der Waals surface area contributed by atoms with Gasteiger partial charge in [0, 0.05) is 5.56 Å². The van der Waals surface area contributed by atoms with Gasteiger partial charge in [-0.1, -0.05) is 72.3 Å². The number of hydrogen-bond acceptors (Lipinski definition) is 2. The van der Waals surface area contributed by atoms with Crippen LogP contribution in [0, 0.1) is 0 Å².